The van der Waals surface area contributed by atoms with E-state index in [2.05, 4.69) is 29.1 Å². The maximum Gasteiger partial charge on any atom is 0.255 e. The van der Waals surface area contributed by atoms with Crippen molar-refractivity contribution in [2.45, 2.75) is 13.0 Å². The van der Waals surface area contributed by atoms with Gasteiger partial charge in [0.1, 0.15) is 6.29 Å². The van der Waals surface area contributed by atoms with Gasteiger partial charge in [0.25, 0.3) is 5.56 Å². The highest BCUT2D eigenvalue weighted by Gasteiger charge is 2.18. The Morgan fingerprint density at radius 3 is 2.59 bits per heavy atom. The maximum atomic E-state index is 12.8. The van der Waals surface area contributed by atoms with Crippen molar-refractivity contribution in [2.24, 2.45) is 7.05 Å². The van der Waals surface area contributed by atoms with Crippen molar-refractivity contribution >= 4 is 17.2 Å². The largest absolute Gasteiger partial charge is 0.346 e. The molecule has 2 aromatic carbocycles. The van der Waals surface area contributed by atoms with E-state index in [1.165, 1.54) is 16.6 Å². The predicted octanol–water partition coefficient (Wildman–Crippen LogP) is 3.45. The minimum atomic E-state index is -0.0815. The third-order valence-corrected chi connectivity index (χ3v) is 5.84. The summed E-state index contributed by atoms with van der Waals surface area (Å²) in [6.45, 7) is 1.88. The summed E-state index contributed by atoms with van der Waals surface area (Å²) in [4.78, 5) is 23.7. The van der Waals surface area contributed by atoms with Crippen molar-refractivity contribution < 1.29 is 4.79 Å². The van der Waals surface area contributed by atoms with Crippen LogP contribution in [0.2, 0.25) is 0 Å². The monoisotopic (exact) mass is 383 g/mol. The maximum absolute atomic E-state index is 12.8. The molecule has 0 atom stereocenters. The van der Waals surface area contributed by atoms with Gasteiger partial charge in [-0.05, 0) is 47.9 Å². The molecule has 1 N–H and O–H groups in total. The Hall–Kier alpha value is -3.44. The molecule has 0 fully saturated rings. The molecule has 0 radical (unpaired) electrons. The fourth-order valence-electron chi connectivity index (χ4n) is 4.26. The quantitative estimate of drug-likeness (QED) is 0.551. The Labute approximate surface area is 168 Å². The van der Waals surface area contributed by atoms with Gasteiger partial charge in [0.05, 0.1) is 11.2 Å². The number of pyridine rings is 1. The molecule has 0 unspecified atom stereocenters. The molecule has 29 heavy (non-hydrogen) atoms. The van der Waals surface area contributed by atoms with Crippen LogP contribution >= 0.6 is 0 Å². The van der Waals surface area contributed by atoms with Crippen LogP contribution in [-0.2, 0) is 20.0 Å². The van der Waals surface area contributed by atoms with Gasteiger partial charge in [0.2, 0.25) is 0 Å². The number of carbonyl (C=O) groups excluding carboxylic acids is 1. The highest BCUT2D eigenvalue weighted by Crippen LogP contribution is 2.29. The number of hydrogen-bond donors (Lipinski definition) is 1. The van der Waals surface area contributed by atoms with E-state index in [9.17, 15) is 9.59 Å². The zero-order valence-electron chi connectivity index (χ0n) is 16.2. The molecule has 0 bridgehead atoms. The van der Waals surface area contributed by atoms with Crippen LogP contribution in [0.3, 0.4) is 0 Å². The molecule has 1 aliphatic rings. The molecular formula is C24H21N3O2. The molecule has 2 aromatic heterocycles. The number of fused-ring (bicyclic) bond motifs is 3. The van der Waals surface area contributed by atoms with Crippen LogP contribution in [-0.4, -0.2) is 22.0 Å². The summed E-state index contributed by atoms with van der Waals surface area (Å²) in [6.07, 6.45) is 3.66. The Morgan fingerprint density at radius 1 is 1.00 bits per heavy atom. The van der Waals surface area contributed by atoms with Crippen molar-refractivity contribution in [1.29, 1.82) is 0 Å². The molecular weight excluding hydrogens is 362 g/mol. The van der Waals surface area contributed by atoms with E-state index < -0.39 is 0 Å². The standard InChI is InChI=1S/C24H21N3O2/c1-26-22-13-19(6-7-20(22)21-8-10-25-14-23(21)26)27-11-9-18(12-24(27)29)17-4-2-16(15-28)3-5-17/h2-7,9,11-13,15,25H,8,10,14H2,1H3. The molecule has 0 spiro atoms. The van der Waals surface area contributed by atoms with E-state index in [1.54, 1.807) is 22.8 Å². The average Bonchev–Trinajstić information content (AvgIpc) is 3.06. The lowest BCUT2D eigenvalue weighted by Crippen LogP contribution is -2.24. The second-order valence-electron chi connectivity index (χ2n) is 7.48. The molecule has 5 nitrogen and oxygen atoms in total. The molecule has 0 saturated carbocycles. The molecule has 0 aliphatic carbocycles. The minimum Gasteiger partial charge on any atom is -0.346 e. The van der Waals surface area contributed by atoms with E-state index in [4.69, 9.17) is 0 Å². The van der Waals surface area contributed by atoms with Crippen LogP contribution in [0.1, 0.15) is 21.6 Å². The first kappa shape index (κ1) is 17.6. The lowest BCUT2D eigenvalue weighted by molar-refractivity contribution is 0.112. The first-order chi connectivity index (χ1) is 14.2. The number of nitrogens with zero attached hydrogens (tertiary/aromatic N) is 2. The molecule has 144 valence electrons. The van der Waals surface area contributed by atoms with Gasteiger partial charge in [-0.15, -0.1) is 0 Å². The summed E-state index contributed by atoms with van der Waals surface area (Å²) in [5, 5.41) is 4.70. The van der Waals surface area contributed by atoms with Gasteiger partial charge in [-0.1, -0.05) is 30.3 Å². The minimum absolute atomic E-state index is 0.0815. The smallest absolute Gasteiger partial charge is 0.255 e. The summed E-state index contributed by atoms with van der Waals surface area (Å²) in [5.74, 6) is 0. The number of carbonyl (C=O) groups is 1. The zero-order chi connectivity index (χ0) is 20.0. The van der Waals surface area contributed by atoms with Crippen molar-refractivity contribution in [3.63, 3.8) is 0 Å². The van der Waals surface area contributed by atoms with E-state index in [1.807, 2.05) is 30.5 Å². The highest BCUT2D eigenvalue weighted by molar-refractivity contribution is 5.87. The summed E-state index contributed by atoms with van der Waals surface area (Å²) >= 11 is 0. The average molecular weight is 383 g/mol. The molecule has 0 amide bonds. The molecule has 3 heterocycles. The Balaban J connectivity index is 1.57. The molecule has 4 aromatic rings. The lowest BCUT2D eigenvalue weighted by Gasteiger charge is -2.14. The van der Waals surface area contributed by atoms with Crippen molar-refractivity contribution in [3.05, 3.63) is 88.0 Å². The summed E-state index contributed by atoms with van der Waals surface area (Å²) in [5.41, 5.74) is 7.04. The van der Waals surface area contributed by atoms with E-state index >= 15 is 0 Å². The number of nitrogens with one attached hydrogen (secondary N) is 1. The number of rotatable bonds is 3. The Kier molecular flexibility index (Phi) is 4.18. The Morgan fingerprint density at radius 2 is 1.83 bits per heavy atom. The van der Waals surface area contributed by atoms with Gasteiger partial charge in [-0.25, -0.2) is 0 Å². The summed E-state index contributed by atoms with van der Waals surface area (Å²) in [6, 6.07) is 17.0. The molecule has 5 rings (SSSR count). The van der Waals surface area contributed by atoms with Crippen LogP contribution in [0.4, 0.5) is 0 Å². The molecule has 0 saturated heterocycles. The third-order valence-electron chi connectivity index (χ3n) is 5.84. The van der Waals surface area contributed by atoms with E-state index in [0.717, 1.165) is 48.1 Å². The highest BCUT2D eigenvalue weighted by atomic mass is 16.1. The molecule has 5 heteroatoms. The topological polar surface area (TPSA) is 56.0 Å². The zero-order valence-corrected chi connectivity index (χ0v) is 16.2. The van der Waals surface area contributed by atoms with Gasteiger partial charge >= 0.3 is 0 Å². The fraction of sp³-hybridized carbons (Fsp3) is 0.167. The van der Waals surface area contributed by atoms with E-state index in [-0.39, 0.29) is 5.56 Å². The van der Waals surface area contributed by atoms with Crippen molar-refractivity contribution in [2.75, 3.05) is 6.54 Å². The lowest BCUT2D eigenvalue weighted by atomic mass is 10.0. The van der Waals surface area contributed by atoms with Crippen LogP contribution in [0.5, 0.6) is 0 Å². The number of benzene rings is 2. The first-order valence-corrected chi connectivity index (χ1v) is 9.75. The number of aryl methyl sites for hydroxylation is 1. The third kappa shape index (κ3) is 2.91. The van der Waals surface area contributed by atoms with Crippen molar-refractivity contribution in [1.82, 2.24) is 14.5 Å². The van der Waals surface area contributed by atoms with Crippen LogP contribution in [0.15, 0.2) is 65.6 Å². The van der Waals surface area contributed by atoms with Crippen LogP contribution in [0, 0.1) is 0 Å². The predicted molar refractivity (Wildman–Crippen MR) is 115 cm³/mol. The normalized spacial score (nSPS) is 13.4. The van der Waals surface area contributed by atoms with Crippen LogP contribution < -0.4 is 10.9 Å². The van der Waals surface area contributed by atoms with Gasteiger partial charge in [0, 0.05) is 42.5 Å². The fourth-order valence-corrected chi connectivity index (χ4v) is 4.26. The van der Waals surface area contributed by atoms with Gasteiger partial charge in [-0.3, -0.25) is 14.2 Å². The SMILES string of the molecule is Cn1c2c(c3ccc(-n4ccc(-c5ccc(C=O)cc5)cc4=O)cc31)CCNC2. The first-order valence-electron chi connectivity index (χ1n) is 9.75. The van der Waals surface area contributed by atoms with Gasteiger partial charge < -0.3 is 9.88 Å². The van der Waals surface area contributed by atoms with Crippen molar-refractivity contribution in [3.8, 4) is 16.8 Å². The number of aromatic nitrogens is 2. The van der Waals surface area contributed by atoms with Crippen LogP contribution in [0.25, 0.3) is 27.7 Å². The number of hydrogen-bond acceptors (Lipinski definition) is 3. The van der Waals surface area contributed by atoms with Gasteiger partial charge in [-0.2, -0.15) is 0 Å². The Bertz CT molecular complexity index is 1300. The second-order valence-corrected chi connectivity index (χ2v) is 7.48. The van der Waals surface area contributed by atoms with Gasteiger partial charge in [0.15, 0.2) is 0 Å². The summed E-state index contributed by atoms with van der Waals surface area (Å²) < 4.78 is 3.90. The molecule has 1 aliphatic heterocycles. The second kappa shape index (κ2) is 6.87. The number of aldehydes is 1. The summed E-state index contributed by atoms with van der Waals surface area (Å²) in [7, 11) is 2.09. The van der Waals surface area contributed by atoms with E-state index in [0.29, 0.717) is 5.56 Å².